The first-order valence-corrected chi connectivity index (χ1v) is 7.34. The lowest BCUT2D eigenvalue weighted by molar-refractivity contribution is 0.0953. The number of rotatable bonds is 4. The zero-order chi connectivity index (χ0) is 12.7. The highest BCUT2D eigenvalue weighted by molar-refractivity contribution is 7.20. The summed E-state index contributed by atoms with van der Waals surface area (Å²) in [6, 6.07) is 2.72. The molecule has 0 saturated heterocycles. The van der Waals surface area contributed by atoms with Crippen molar-refractivity contribution >= 4 is 27.3 Å². The van der Waals surface area contributed by atoms with Crippen LogP contribution >= 0.6 is 11.3 Å². The number of carbonyl (C=O) groups excluding carboxylic acids is 1. The Kier molecular flexibility index (Phi) is 2.90. The highest BCUT2D eigenvalue weighted by Gasteiger charge is 2.23. The molecule has 0 atom stereocenters. The molecule has 0 spiro atoms. The number of fused-ring (bicyclic) bond motifs is 1. The highest BCUT2D eigenvalue weighted by atomic mass is 32.1. The standard InChI is InChI=1S/C14H18N2OS/c1-9(2)6-15-14(17)12-5-10-7-16(11-3-4-11)8-13(10)18-12/h5,7-9,11H,3-4,6H2,1-2H3,(H,15,17). The van der Waals surface area contributed by atoms with Crippen LogP contribution in [0.2, 0.25) is 0 Å². The third-order valence-electron chi connectivity index (χ3n) is 3.21. The summed E-state index contributed by atoms with van der Waals surface area (Å²) in [5, 5.41) is 4.16. The van der Waals surface area contributed by atoms with E-state index in [4.69, 9.17) is 0 Å². The third kappa shape index (κ3) is 2.29. The van der Waals surface area contributed by atoms with Crippen molar-refractivity contribution in [2.24, 2.45) is 5.92 Å². The van der Waals surface area contributed by atoms with Gasteiger partial charge in [-0.3, -0.25) is 4.79 Å². The first-order chi connectivity index (χ1) is 8.63. The van der Waals surface area contributed by atoms with Crippen molar-refractivity contribution in [1.82, 2.24) is 9.88 Å². The molecule has 3 nitrogen and oxygen atoms in total. The van der Waals surface area contributed by atoms with Crippen molar-refractivity contribution in [1.29, 1.82) is 0 Å². The van der Waals surface area contributed by atoms with Gasteiger partial charge in [0, 0.05) is 30.4 Å². The van der Waals surface area contributed by atoms with Crippen LogP contribution in [0.4, 0.5) is 0 Å². The van der Waals surface area contributed by atoms with Crippen molar-refractivity contribution in [2.45, 2.75) is 32.7 Å². The number of amides is 1. The van der Waals surface area contributed by atoms with Gasteiger partial charge >= 0.3 is 0 Å². The van der Waals surface area contributed by atoms with E-state index in [1.807, 2.05) is 6.07 Å². The van der Waals surface area contributed by atoms with Gasteiger partial charge in [0.05, 0.1) is 9.58 Å². The molecular weight excluding hydrogens is 244 g/mol. The lowest BCUT2D eigenvalue weighted by Gasteiger charge is -2.05. The van der Waals surface area contributed by atoms with Crippen molar-refractivity contribution in [3.8, 4) is 0 Å². The summed E-state index contributed by atoms with van der Waals surface area (Å²) in [6.07, 6.45) is 6.94. The topological polar surface area (TPSA) is 34.0 Å². The molecule has 0 aliphatic heterocycles. The van der Waals surface area contributed by atoms with E-state index in [2.05, 4.69) is 36.1 Å². The number of nitrogens with one attached hydrogen (secondary N) is 1. The molecule has 1 N–H and O–H groups in total. The summed E-state index contributed by atoms with van der Waals surface area (Å²) >= 11 is 1.59. The first kappa shape index (κ1) is 11.8. The molecule has 0 radical (unpaired) electrons. The Morgan fingerprint density at radius 3 is 2.89 bits per heavy atom. The summed E-state index contributed by atoms with van der Waals surface area (Å²) < 4.78 is 3.51. The predicted molar refractivity (Wildman–Crippen MR) is 75.3 cm³/mol. The van der Waals surface area contributed by atoms with Gasteiger partial charge in [-0.25, -0.2) is 0 Å². The van der Waals surface area contributed by atoms with Gasteiger partial charge in [-0.2, -0.15) is 0 Å². The second-order valence-electron chi connectivity index (χ2n) is 5.47. The molecule has 1 amide bonds. The van der Waals surface area contributed by atoms with Gasteiger partial charge < -0.3 is 9.88 Å². The molecule has 1 aliphatic rings. The van der Waals surface area contributed by atoms with Crippen molar-refractivity contribution in [2.75, 3.05) is 6.54 Å². The summed E-state index contributed by atoms with van der Waals surface area (Å²) in [5.74, 6) is 0.548. The summed E-state index contributed by atoms with van der Waals surface area (Å²) in [5.41, 5.74) is 0. The van der Waals surface area contributed by atoms with Gasteiger partial charge in [0.15, 0.2) is 0 Å². The Labute approximate surface area is 111 Å². The van der Waals surface area contributed by atoms with Crippen LogP contribution in [0.1, 0.15) is 42.4 Å². The Morgan fingerprint density at radius 1 is 1.50 bits per heavy atom. The molecule has 0 aromatic carbocycles. The second-order valence-corrected chi connectivity index (χ2v) is 6.55. The maximum Gasteiger partial charge on any atom is 0.261 e. The van der Waals surface area contributed by atoms with E-state index < -0.39 is 0 Å². The fourth-order valence-electron chi connectivity index (χ4n) is 2.03. The summed E-state index contributed by atoms with van der Waals surface area (Å²) in [6.45, 7) is 4.94. The van der Waals surface area contributed by atoms with Crippen LogP contribution in [0, 0.1) is 5.92 Å². The molecule has 3 rings (SSSR count). The fraction of sp³-hybridized carbons (Fsp3) is 0.500. The van der Waals surface area contributed by atoms with Crippen LogP contribution in [0.5, 0.6) is 0 Å². The van der Waals surface area contributed by atoms with Crippen molar-refractivity contribution in [3.05, 3.63) is 23.3 Å². The Balaban J connectivity index is 1.76. The minimum Gasteiger partial charge on any atom is -0.351 e. The number of nitrogens with zero attached hydrogens (tertiary/aromatic N) is 1. The van der Waals surface area contributed by atoms with Crippen LogP contribution in [0.25, 0.3) is 10.1 Å². The number of carbonyl (C=O) groups is 1. The van der Waals surface area contributed by atoms with E-state index in [1.54, 1.807) is 11.3 Å². The normalized spacial score (nSPS) is 15.5. The fourth-order valence-corrected chi connectivity index (χ4v) is 3.03. The molecule has 0 unspecified atom stereocenters. The van der Waals surface area contributed by atoms with E-state index in [0.29, 0.717) is 12.0 Å². The maximum absolute atomic E-state index is 11.9. The lowest BCUT2D eigenvalue weighted by Crippen LogP contribution is -2.26. The molecule has 2 aromatic heterocycles. The van der Waals surface area contributed by atoms with Gasteiger partial charge in [0.25, 0.3) is 5.91 Å². The van der Waals surface area contributed by atoms with Gasteiger partial charge in [-0.05, 0) is 24.8 Å². The molecular formula is C14H18N2OS. The number of thiophene rings is 1. The van der Waals surface area contributed by atoms with Crippen LogP contribution in [-0.4, -0.2) is 17.0 Å². The highest BCUT2D eigenvalue weighted by Crippen LogP contribution is 2.38. The number of hydrogen-bond acceptors (Lipinski definition) is 2. The van der Waals surface area contributed by atoms with Gasteiger partial charge in [0.2, 0.25) is 0 Å². The van der Waals surface area contributed by atoms with E-state index in [0.717, 1.165) is 11.4 Å². The minimum atomic E-state index is 0.0582. The Morgan fingerprint density at radius 2 is 2.28 bits per heavy atom. The summed E-state index contributed by atoms with van der Waals surface area (Å²) in [7, 11) is 0. The van der Waals surface area contributed by atoms with Crippen LogP contribution in [0.15, 0.2) is 18.5 Å². The smallest absolute Gasteiger partial charge is 0.261 e. The number of aromatic nitrogens is 1. The van der Waals surface area contributed by atoms with Crippen molar-refractivity contribution < 1.29 is 4.79 Å². The maximum atomic E-state index is 11.9. The molecule has 2 aromatic rings. The monoisotopic (exact) mass is 262 g/mol. The SMILES string of the molecule is CC(C)CNC(=O)c1cc2cn(C3CC3)cc2s1. The number of hydrogen-bond donors (Lipinski definition) is 1. The average Bonchev–Trinajstić information content (AvgIpc) is 2.97. The minimum absolute atomic E-state index is 0.0582. The first-order valence-electron chi connectivity index (χ1n) is 6.52. The van der Waals surface area contributed by atoms with Gasteiger partial charge in [-0.15, -0.1) is 11.3 Å². The van der Waals surface area contributed by atoms with Crippen LogP contribution < -0.4 is 5.32 Å². The van der Waals surface area contributed by atoms with Crippen LogP contribution in [0.3, 0.4) is 0 Å². The second kappa shape index (κ2) is 4.43. The molecule has 18 heavy (non-hydrogen) atoms. The average molecular weight is 262 g/mol. The van der Waals surface area contributed by atoms with Crippen LogP contribution in [-0.2, 0) is 0 Å². The van der Waals surface area contributed by atoms with Crippen molar-refractivity contribution in [3.63, 3.8) is 0 Å². The molecule has 0 bridgehead atoms. The Bertz CT molecular complexity index is 546. The van der Waals surface area contributed by atoms with Gasteiger partial charge in [0.1, 0.15) is 0 Å². The summed E-state index contributed by atoms with van der Waals surface area (Å²) in [4.78, 5) is 12.8. The molecule has 4 heteroatoms. The molecule has 1 saturated carbocycles. The largest absolute Gasteiger partial charge is 0.351 e. The van der Waals surface area contributed by atoms with E-state index in [9.17, 15) is 4.79 Å². The van der Waals surface area contributed by atoms with Gasteiger partial charge in [-0.1, -0.05) is 13.8 Å². The molecule has 96 valence electrons. The van der Waals surface area contributed by atoms with E-state index >= 15 is 0 Å². The molecule has 1 fully saturated rings. The molecule has 1 aliphatic carbocycles. The lowest BCUT2D eigenvalue weighted by atomic mass is 10.2. The van der Waals surface area contributed by atoms with E-state index in [-0.39, 0.29) is 5.91 Å². The zero-order valence-electron chi connectivity index (χ0n) is 10.8. The quantitative estimate of drug-likeness (QED) is 0.900. The molecule has 2 heterocycles. The van der Waals surface area contributed by atoms with E-state index in [1.165, 1.54) is 22.9 Å². The zero-order valence-corrected chi connectivity index (χ0v) is 11.6. The predicted octanol–water partition coefficient (Wildman–Crippen LogP) is 3.42. The Hall–Kier alpha value is -1.29. The third-order valence-corrected chi connectivity index (χ3v) is 4.29.